The maximum atomic E-state index is 11.4. The highest BCUT2D eigenvalue weighted by molar-refractivity contribution is 7.14. The molecule has 1 rings (SSSR count). The molecule has 0 unspecified atom stereocenters. The number of ketones is 1. The molecule has 0 spiro atoms. The van der Waals surface area contributed by atoms with Gasteiger partial charge in [0.25, 0.3) is 5.78 Å². The number of Topliss-reactive ketones (excluding diaryl/α,β-unsaturated/α-hetero) is 1. The minimum Gasteiger partial charge on any atom is -0.460 e. The van der Waals surface area contributed by atoms with Gasteiger partial charge in [-0.3, -0.25) is 9.59 Å². The van der Waals surface area contributed by atoms with Gasteiger partial charge in [-0.2, -0.15) is 0 Å². The first-order valence-electron chi connectivity index (χ1n) is 4.61. The molecule has 8 heteroatoms. The molecule has 1 amide bonds. The van der Waals surface area contributed by atoms with Crippen LogP contribution >= 0.6 is 22.9 Å². The summed E-state index contributed by atoms with van der Waals surface area (Å²) in [6.07, 6.45) is 0. The van der Waals surface area contributed by atoms with Gasteiger partial charge in [0, 0.05) is 5.38 Å². The minimum absolute atomic E-state index is 0.0571. The normalized spacial score (nSPS) is 9.76. The van der Waals surface area contributed by atoms with Gasteiger partial charge in [-0.25, -0.2) is 9.78 Å². The number of rotatable bonds is 5. The van der Waals surface area contributed by atoms with E-state index in [1.165, 1.54) is 5.38 Å². The molecule has 0 bridgehead atoms. The second kappa shape index (κ2) is 6.31. The zero-order valence-corrected chi connectivity index (χ0v) is 10.4. The average molecular weight is 277 g/mol. The number of hydrogen-bond acceptors (Lipinski definition) is 6. The number of ether oxygens (including phenoxy) is 1. The van der Waals surface area contributed by atoms with Crippen LogP contribution in [-0.4, -0.2) is 35.1 Å². The lowest BCUT2D eigenvalue weighted by Crippen LogP contribution is -2.18. The average Bonchev–Trinajstić information content (AvgIpc) is 2.76. The largest absolute Gasteiger partial charge is 0.460 e. The fourth-order valence-corrected chi connectivity index (χ4v) is 1.66. The number of nitrogens with one attached hydrogen (secondary N) is 1. The molecular formula is C9H9ClN2O4S. The zero-order chi connectivity index (χ0) is 12.8. The maximum absolute atomic E-state index is 11.4. The van der Waals surface area contributed by atoms with E-state index in [1.807, 2.05) is 0 Å². The van der Waals surface area contributed by atoms with Crippen molar-refractivity contribution in [2.75, 3.05) is 17.8 Å². The van der Waals surface area contributed by atoms with E-state index >= 15 is 0 Å². The van der Waals surface area contributed by atoms with Crippen LogP contribution in [-0.2, 0) is 14.3 Å². The quantitative estimate of drug-likeness (QED) is 0.376. The van der Waals surface area contributed by atoms with Crippen molar-refractivity contribution in [2.45, 2.75) is 6.92 Å². The number of anilines is 1. The predicted molar refractivity (Wildman–Crippen MR) is 62.4 cm³/mol. The van der Waals surface area contributed by atoms with E-state index < -0.39 is 17.7 Å². The molecule has 0 aliphatic heterocycles. The maximum Gasteiger partial charge on any atom is 0.381 e. The Morgan fingerprint density at radius 1 is 1.53 bits per heavy atom. The SMILES string of the molecule is CCOC(=O)C(=O)c1csc(NC(=O)CCl)n1. The monoisotopic (exact) mass is 276 g/mol. The Morgan fingerprint density at radius 2 is 2.24 bits per heavy atom. The van der Waals surface area contributed by atoms with Crippen molar-refractivity contribution in [1.82, 2.24) is 4.98 Å². The summed E-state index contributed by atoms with van der Waals surface area (Å²) in [5.74, 6) is -2.44. The highest BCUT2D eigenvalue weighted by Gasteiger charge is 2.20. The molecular weight excluding hydrogens is 268 g/mol. The number of carbonyl (C=O) groups excluding carboxylic acids is 3. The molecule has 6 nitrogen and oxygen atoms in total. The van der Waals surface area contributed by atoms with Crippen LogP contribution in [0.5, 0.6) is 0 Å². The van der Waals surface area contributed by atoms with Crippen molar-refractivity contribution < 1.29 is 19.1 Å². The molecule has 1 aromatic heterocycles. The van der Waals surface area contributed by atoms with E-state index in [-0.39, 0.29) is 23.3 Å². The first-order valence-corrected chi connectivity index (χ1v) is 6.02. The van der Waals surface area contributed by atoms with Crippen molar-refractivity contribution in [3.8, 4) is 0 Å². The molecule has 1 aromatic rings. The Morgan fingerprint density at radius 3 is 2.82 bits per heavy atom. The Balaban J connectivity index is 2.70. The summed E-state index contributed by atoms with van der Waals surface area (Å²) in [5.41, 5.74) is -0.0571. The van der Waals surface area contributed by atoms with E-state index in [2.05, 4.69) is 15.0 Å². The summed E-state index contributed by atoms with van der Waals surface area (Å²) in [6, 6.07) is 0. The van der Waals surface area contributed by atoms with Crippen molar-refractivity contribution in [1.29, 1.82) is 0 Å². The third-order valence-electron chi connectivity index (χ3n) is 1.57. The van der Waals surface area contributed by atoms with Crippen molar-refractivity contribution >= 4 is 45.7 Å². The second-order valence-corrected chi connectivity index (χ2v) is 3.89. The Hall–Kier alpha value is -1.47. The molecule has 92 valence electrons. The predicted octanol–water partition coefficient (Wildman–Crippen LogP) is 1.07. The first kappa shape index (κ1) is 13.6. The highest BCUT2D eigenvalue weighted by Crippen LogP contribution is 2.16. The Bertz CT molecular complexity index is 446. The lowest BCUT2D eigenvalue weighted by Gasteiger charge is -1.97. The smallest absolute Gasteiger partial charge is 0.381 e. The fourth-order valence-electron chi connectivity index (χ4n) is 0.889. The molecule has 1 N–H and O–H groups in total. The molecule has 17 heavy (non-hydrogen) atoms. The topological polar surface area (TPSA) is 85.4 Å². The number of hydrogen-bond donors (Lipinski definition) is 1. The van der Waals surface area contributed by atoms with E-state index in [0.29, 0.717) is 0 Å². The fraction of sp³-hybridized carbons (Fsp3) is 0.333. The van der Waals surface area contributed by atoms with Gasteiger partial charge in [0.1, 0.15) is 11.6 Å². The Labute approximate surface area is 106 Å². The van der Waals surface area contributed by atoms with Gasteiger partial charge < -0.3 is 10.1 Å². The number of halogens is 1. The lowest BCUT2D eigenvalue weighted by molar-refractivity contribution is -0.137. The van der Waals surface area contributed by atoms with Crippen LogP contribution in [0.2, 0.25) is 0 Å². The molecule has 0 radical (unpaired) electrons. The summed E-state index contributed by atoms with van der Waals surface area (Å²) in [7, 11) is 0. The second-order valence-electron chi connectivity index (χ2n) is 2.77. The van der Waals surface area contributed by atoms with E-state index in [0.717, 1.165) is 11.3 Å². The van der Waals surface area contributed by atoms with Crippen molar-refractivity contribution in [3.63, 3.8) is 0 Å². The molecule has 0 aromatic carbocycles. The third-order valence-corrected chi connectivity index (χ3v) is 2.57. The van der Waals surface area contributed by atoms with Crippen molar-refractivity contribution in [2.24, 2.45) is 0 Å². The first-order chi connectivity index (χ1) is 8.08. The number of nitrogens with zero attached hydrogens (tertiary/aromatic N) is 1. The van der Waals surface area contributed by atoms with Crippen molar-refractivity contribution in [3.05, 3.63) is 11.1 Å². The number of aromatic nitrogens is 1. The van der Waals surface area contributed by atoms with Crippen LogP contribution < -0.4 is 5.32 Å². The van der Waals surface area contributed by atoms with Gasteiger partial charge in [-0.15, -0.1) is 22.9 Å². The van der Waals surface area contributed by atoms with Gasteiger partial charge in [0.05, 0.1) is 6.61 Å². The Kier molecular flexibility index (Phi) is 5.05. The number of amides is 1. The summed E-state index contributed by atoms with van der Waals surface area (Å²) < 4.78 is 4.54. The summed E-state index contributed by atoms with van der Waals surface area (Å²) in [6.45, 7) is 1.71. The standard InChI is InChI=1S/C9H9ClN2O4S/c1-2-16-8(15)7(14)5-4-17-9(11-5)12-6(13)3-10/h4H,2-3H2,1H3,(H,11,12,13). The zero-order valence-electron chi connectivity index (χ0n) is 8.86. The summed E-state index contributed by atoms with van der Waals surface area (Å²) in [4.78, 5) is 37.3. The summed E-state index contributed by atoms with van der Waals surface area (Å²) >= 11 is 6.31. The van der Waals surface area contributed by atoms with Gasteiger partial charge in [0.15, 0.2) is 5.13 Å². The van der Waals surface area contributed by atoms with Gasteiger partial charge >= 0.3 is 5.97 Å². The molecule has 0 saturated carbocycles. The molecule has 0 aliphatic carbocycles. The number of thiazole rings is 1. The highest BCUT2D eigenvalue weighted by atomic mass is 35.5. The molecule has 0 fully saturated rings. The van der Waals surface area contributed by atoms with Gasteiger partial charge in [-0.1, -0.05) is 0 Å². The van der Waals surface area contributed by atoms with E-state index in [4.69, 9.17) is 11.6 Å². The van der Waals surface area contributed by atoms with Crippen LogP contribution in [0.15, 0.2) is 5.38 Å². The molecule has 0 aliphatic rings. The van der Waals surface area contributed by atoms with Crippen LogP contribution in [0.25, 0.3) is 0 Å². The van der Waals surface area contributed by atoms with Crippen LogP contribution in [0.4, 0.5) is 5.13 Å². The molecule has 0 atom stereocenters. The van der Waals surface area contributed by atoms with Gasteiger partial charge in [0.2, 0.25) is 5.91 Å². The number of carbonyl (C=O) groups is 3. The number of alkyl halides is 1. The number of esters is 1. The van der Waals surface area contributed by atoms with E-state index in [9.17, 15) is 14.4 Å². The summed E-state index contributed by atoms with van der Waals surface area (Å²) in [5, 5.41) is 3.95. The van der Waals surface area contributed by atoms with Gasteiger partial charge in [-0.05, 0) is 6.92 Å². The minimum atomic E-state index is -0.965. The lowest BCUT2D eigenvalue weighted by atomic mass is 10.3. The van der Waals surface area contributed by atoms with E-state index in [1.54, 1.807) is 6.92 Å². The molecule has 1 heterocycles. The van der Waals surface area contributed by atoms with Crippen LogP contribution in [0.3, 0.4) is 0 Å². The van der Waals surface area contributed by atoms with Crippen LogP contribution in [0, 0.1) is 0 Å². The molecule has 0 saturated heterocycles. The van der Waals surface area contributed by atoms with Crippen LogP contribution in [0.1, 0.15) is 17.4 Å². The third kappa shape index (κ3) is 3.79.